The Bertz CT molecular complexity index is 370. The maximum absolute atomic E-state index is 5.58. The molecule has 18 heavy (non-hydrogen) atoms. The van der Waals surface area contributed by atoms with Gasteiger partial charge in [-0.2, -0.15) is 0 Å². The zero-order chi connectivity index (χ0) is 13.0. The lowest BCUT2D eigenvalue weighted by molar-refractivity contribution is 0.0803. The van der Waals surface area contributed by atoms with E-state index in [1.807, 2.05) is 11.3 Å². The molecule has 1 N–H and O–H groups in total. The second-order valence-corrected chi connectivity index (χ2v) is 6.32. The molecule has 0 amide bonds. The van der Waals surface area contributed by atoms with Crippen molar-refractivity contribution in [2.24, 2.45) is 0 Å². The van der Waals surface area contributed by atoms with Crippen LogP contribution in [0.4, 0.5) is 0 Å². The highest BCUT2D eigenvalue weighted by Gasteiger charge is 2.22. The van der Waals surface area contributed by atoms with Crippen LogP contribution in [0.25, 0.3) is 0 Å². The van der Waals surface area contributed by atoms with Crippen LogP contribution >= 0.6 is 11.3 Å². The Kier molecular flexibility index (Phi) is 5.15. The van der Waals surface area contributed by atoms with E-state index in [0.717, 1.165) is 26.3 Å². The van der Waals surface area contributed by atoms with Crippen LogP contribution in [0, 0.1) is 0 Å². The lowest BCUT2D eigenvalue weighted by atomic mass is 10.0. The van der Waals surface area contributed by atoms with Crippen LogP contribution in [0.2, 0.25) is 0 Å². The van der Waals surface area contributed by atoms with E-state index in [1.165, 1.54) is 28.4 Å². The molecule has 0 spiro atoms. The number of ether oxygens (including phenoxy) is 1. The van der Waals surface area contributed by atoms with Gasteiger partial charge in [0.15, 0.2) is 0 Å². The van der Waals surface area contributed by atoms with E-state index in [9.17, 15) is 0 Å². The van der Waals surface area contributed by atoms with Crippen LogP contribution in [0.15, 0.2) is 0 Å². The van der Waals surface area contributed by atoms with Crippen molar-refractivity contribution in [2.45, 2.75) is 52.0 Å². The highest BCUT2D eigenvalue weighted by Crippen LogP contribution is 2.33. The van der Waals surface area contributed by atoms with E-state index in [1.54, 1.807) is 0 Å². The molecule has 1 saturated heterocycles. The smallest absolute Gasteiger partial charge is 0.0985 e. The molecule has 1 unspecified atom stereocenters. The molecule has 0 saturated carbocycles. The maximum atomic E-state index is 5.58. The van der Waals surface area contributed by atoms with Crippen molar-refractivity contribution in [3.05, 3.63) is 15.6 Å². The molecule has 3 nitrogen and oxygen atoms in total. The van der Waals surface area contributed by atoms with Crippen molar-refractivity contribution in [3.8, 4) is 0 Å². The van der Waals surface area contributed by atoms with E-state index in [2.05, 4.69) is 26.1 Å². The topological polar surface area (TPSA) is 34.1 Å². The van der Waals surface area contributed by atoms with E-state index >= 15 is 0 Å². The summed E-state index contributed by atoms with van der Waals surface area (Å²) in [4.78, 5) is 6.29. The van der Waals surface area contributed by atoms with Crippen LogP contribution in [-0.4, -0.2) is 24.7 Å². The summed E-state index contributed by atoms with van der Waals surface area (Å²) in [5, 5.41) is 4.70. The van der Waals surface area contributed by atoms with E-state index in [4.69, 9.17) is 9.72 Å². The Morgan fingerprint density at radius 1 is 1.50 bits per heavy atom. The molecule has 0 aliphatic carbocycles. The zero-order valence-corrected chi connectivity index (χ0v) is 12.5. The fraction of sp³-hybridized carbons (Fsp3) is 0.786. The molecule has 1 aliphatic rings. The van der Waals surface area contributed by atoms with Crippen LogP contribution in [0.1, 0.15) is 61.0 Å². The molecular formula is C14H24N2OS. The molecule has 0 aromatic carbocycles. The normalized spacial score (nSPS) is 20.6. The summed E-state index contributed by atoms with van der Waals surface area (Å²) >= 11 is 1.88. The van der Waals surface area contributed by atoms with Crippen LogP contribution in [-0.2, 0) is 11.3 Å². The summed E-state index contributed by atoms with van der Waals surface area (Å²) < 4.78 is 5.58. The largest absolute Gasteiger partial charge is 0.381 e. The zero-order valence-electron chi connectivity index (χ0n) is 11.7. The van der Waals surface area contributed by atoms with Gasteiger partial charge in [-0.3, -0.25) is 0 Å². The summed E-state index contributed by atoms with van der Waals surface area (Å²) in [5.74, 6) is 1.03. The Morgan fingerprint density at radius 2 is 2.33 bits per heavy atom. The summed E-state index contributed by atoms with van der Waals surface area (Å²) in [6.07, 6.45) is 2.40. The van der Waals surface area contributed by atoms with Crippen molar-refractivity contribution < 1.29 is 4.74 Å². The van der Waals surface area contributed by atoms with Gasteiger partial charge >= 0.3 is 0 Å². The number of nitrogens with zero attached hydrogens (tertiary/aromatic N) is 1. The summed E-state index contributed by atoms with van der Waals surface area (Å²) in [6, 6.07) is 0. The summed E-state index contributed by atoms with van der Waals surface area (Å²) in [5.41, 5.74) is 1.28. The predicted octanol–water partition coefficient (Wildman–Crippen LogP) is 3.27. The van der Waals surface area contributed by atoms with Crippen molar-refractivity contribution in [1.29, 1.82) is 0 Å². The fourth-order valence-electron chi connectivity index (χ4n) is 2.31. The third-order valence-corrected chi connectivity index (χ3v) is 4.57. The number of aromatic nitrogens is 1. The van der Waals surface area contributed by atoms with Crippen LogP contribution in [0.3, 0.4) is 0 Å². The average Bonchev–Trinajstić information content (AvgIpc) is 2.81. The Labute approximate surface area is 114 Å². The monoisotopic (exact) mass is 268 g/mol. The summed E-state index contributed by atoms with van der Waals surface area (Å²) in [6.45, 7) is 10.3. The van der Waals surface area contributed by atoms with Gasteiger partial charge in [0, 0.05) is 23.9 Å². The molecule has 1 fully saturated rings. The van der Waals surface area contributed by atoms with Gasteiger partial charge in [-0.05, 0) is 25.3 Å². The third-order valence-electron chi connectivity index (χ3n) is 3.34. The van der Waals surface area contributed by atoms with E-state index in [-0.39, 0.29) is 0 Å². The van der Waals surface area contributed by atoms with Gasteiger partial charge in [-0.15, -0.1) is 11.3 Å². The van der Waals surface area contributed by atoms with Crippen LogP contribution < -0.4 is 5.32 Å². The lowest BCUT2D eigenvalue weighted by Crippen LogP contribution is -2.15. The van der Waals surface area contributed by atoms with E-state index in [0.29, 0.717) is 11.8 Å². The quantitative estimate of drug-likeness (QED) is 0.890. The highest BCUT2D eigenvalue weighted by molar-refractivity contribution is 7.11. The minimum absolute atomic E-state index is 0.508. The number of thiazole rings is 1. The van der Waals surface area contributed by atoms with Gasteiger partial charge in [-0.1, -0.05) is 20.8 Å². The predicted molar refractivity (Wildman–Crippen MR) is 76.4 cm³/mol. The van der Waals surface area contributed by atoms with Crippen molar-refractivity contribution in [2.75, 3.05) is 19.8 Å². The first-order valence-corrected chi connectivity index (χ1v) is 7.82. The summed E-state index contributed by atoms with van der Waals surface area (Å²) in [7, 11) is 0. The molecule has 1 aromatic heterocycles. The molecule has 0 bridgehead atoms. The number of hydrogen-bond donors (Lipinski definition) is 1. The van der Waals surface area contributed by atoms with Gasteiger partial charge in [0.05, 0.1) is 17.3 Å². The Hall–Kier alpha value is -0.450. The first-order chi connectivity index (χ1) is 8.72. The minimum atomic E-state index is 0.508. The molecule has 4 heteroatoms. The molecular weight excluding hydrogens is 244 g/mol. The van der Waals surface area contributed by atoms with Crippen LogP contribution in [0.5, 0.6) is 0 Å². The molecule has 1 atom stereocenters. The minimum Gasteiger partial charge on any atom is -0.381 e. The maximum Gasteiger partial charge on any atom is 0.0985 e. The second-order valence-electron chi connectivity index (χ2n) is 5.21. The fourth-order valence-corrected chi connectivity index (χ4v) is 3.62. The first kappa shape index (κ1) is 14.0. The van der Waals surface area contributed by atoms with E-state index < -0.39 is 0 Å². The first-order valence-electron chi connectivity index (χ1n) is 7.00. The molecule has 2 heterocycles. The average molecular weight is 268 g/mol. The molecule has 102 valence electrons. The van der Waals surface area contributed by atoms with Gasteiger partial charge in [0.25, 0.3) is 0 Å². The molecule has 0 radical (unpaired) electrons. The standard InChI is InChI=1S/C14H24N2OS/c1-4-15-8-12-13(10(2)3)16-14(18-12)11-6-5-7-17-9-11/h10-11,15H,4-9H2,1-3H3. The van der Waals surface area contributed by atoms with Gasteiger partial charge < -0.3 is 10.1 Å². The van der Waals surface area contributed by atoms with Gasteiger partial charge in [0.2, 0.25) is 0 Å². The van der Waals surface area contributed by atoms with Gasteiger partial charge in [-0.25, -0.2) is 4.98 Å². The SMILES string of the molecule is CCNCc1sc(C2CCCOC2)nc1C(C)C. The number of hydrogen-bond acceptors (Lipinski definition) is 4. The molecule has 1 aliphatic heterocycles. The number of nitrogens with one attached hydrogen (secondary N) is 1. The lowest BCUT2D eigenvalue weighted by Gasteiger charge is -2.19. The van der Waals surface area contributed by atoms with Crippen molar-refractivity contribution >= 4 is 11.3 Å². The third kappa shape index (κ3) is 3.31. The molecule has 2 rings (SSSR count). The number of rotatable bonds is 5. The second kappa shape index (κ2) is 6.64. The highest BCUT2D eigenvalue weighted by atomic mass is 32.1. The van der Waals surface area contributed by atoms with Crippen molar-refractivity contribution in [1.82, 2.24) is 10.3 Å². The molecule has 1 aromatic rings. The Morgan fingerprint density at radius 3 is 2.94 bits per heavy atom. The van der Waals surface area contributed by atoms with Crippen molar-refractivity contribution in [3.63, 3.8) is 0 Å². The van der Waals surface area contributed by atoms with Gasteiger partial charge in [0.1, 0.15) is 0 Å². The Balaban J connectivity index is 2.15.